The van der Waals surface area contributed by atoms with E-state index in [1.807, 2.05) is 0 Å². The fourth-order valence-corrected chi connectivity index (χ4v) is 5.10. The van der Waals surface area contributed by atoms with Crippen molar-refractivity contribution >= 4 is 33.2 Å². The molecular formula is C23H22ClN3O4S. The summed E-state index contributed by atoms with van der Waals surface area (Å²) in [5, 5.41) is 3.39. The van der Waals surface area contributed by atoms with E-state index in [0.717, 1.165) is 0 Å². The Morgan fingerprint density at radius 1 is 0.938 bits per heavy atom. The molecule has 4 rings (SSSR count). The van der Waals surface area contributed by atoms with E-state index in [2.05, 4.69) is 10.3 Å². The monoisotopic (exact) mass is 471 g/mol. The van der Waals surface area contributed by atoms with Crippen LogP contribution in [0.2, 0.25) is 5.02 Å². The van der Waals surface area contributed by atoms with Gasteiger partial charge in [0, 0.05) is 42.1 Å². The maximum absolute atomic E-state index is 12.8. The molecule has 1 aliphatic heterocycles. The van der Waals surface area contributed by atoms with E-state index >= 15 is 0 Å². The van der Waals surface area contributed by atoms with Crippen molar-refractivity contribution in [3.8, 4) is 11.5 Å². The highest BCUT2D eigenvalue weighted by atomic mass is 35.5. The lowest BCUT2D eigenvalue weighted by atomic mass is 9.97. The van der Waals surface area contributed by atoms with Crippen LogP contribution in [0.4, 0.5) is 5.69 Å². The maximum Gasteiger partial charge on any atom is 0.243 e. The van der Waals surface area contributed by atoms with Crippen LogP contribution in [0.25, 0.3) is 0 Å². The minimum absolute atomic E-state index is 0.114. The van der Waals surface area contributed by atoms with Gasteiger partial charge >= 0.3 is 0 Å². The van der Waals surface area contributed by atoms with Crippen LogP contribution in [0, 0.1) is 5.92 Å². The molecule has 7 nitrogen and oxygen atoms in total. The van der Waals surface area contributed by atoms with E-state index in [1.54, 1.807) is 60.9 Å². The molecule has 1 amide bonds. The summed E-state index contributed by atoms with van der Waals surface area (Å²) in [7, 11) is -3.59. The number of carbonyl (C=O) groups excluding carboxylic acids is 1. The highest BCUT2D eigenvalue weighted by Gasteiger charge is 2.32. The number of hydrogen-bond acceptors (Lipinski definition) is 5. The van der Waals surface area contributed by atoms with Gasteiger partial charge < -0.3 is 10.1 Å². The molecule has 0 bridgehead atoms. The SMILES string of the molecule is O=C(Nc1ccc(Oc2ccncc2)cc1)C1CCN(S(=O)(=O)c2ccc(Cl)cc2)CC1. The molecule has 0 atom stereocenters. The lowest BCUT2D eigenvalue weighted by molar-refractivity contribution is -0.120. The Morgan fingerprint density at radius 2 is 1.53 bits per heavy atom. The Bertz CT molecular complexity index is 1160. The first kappa shape index (κ1) is 22.3. The number of ether oxygens (including phenoxy) is 1. The topological polar surface area (TPSA) is 88.6 Å². The molecule has 2 heterocycles. The molecule has 1 N–H and O–H groups in total. The number of halogens is 1. The minimum atomic E-state index is -3.59. The molecule has 0 radical (unpaired) electrons. The summed E-state index contributed by atoms with van der Waals surface area (Å²) in [6.45, 7) is 0.587. The zero-order chi connectivity index (χ0) is 22.6. The number of pyridine rings is 1. The number of sulfonamides is 1. The van der Waals surface area contributed by atoms with Crippen LogP contribution in [0.15, 0.2) is 78.0 Å². The molecule has 9 heteroatoms. The second-order valence-electron chi connectivity index (χ2n) is 7.43. The fourth-order valence-electron chi connectivity index (χ4n) is 3.51. The zero-order valence-corrected chi connectivity index (χ0v) is 18.7. The highest BCUT2D eigenvalue weighted by Crippen LogP contribution is 2.27. The van der Waals surface area contributed by atoms with Crippen molar-refractivity contribution in [3.05, 3.63) is 78.1 Å². The number of hydrogen-bond donors (Lipinski definition) is 1. The van der Waals surface area contributed by atoms with E-state index in [1.165, 1.54) is 16.4 Å². The number of rotatable bonds is 6. The first-order valence-corrected chi connectivity index (χ1v) is 12.0. The van der Waals surface area contributed by atoms with E-state index < -0.39 is 10.0 Å². The molecule has 2 aromatic carbocycles. The lowest BCUT2D eigenvalue weighted by Gasteiger charge is -2.30. The first-order chi connectivity index (χ1) is 15.4. The summed E-state index contributed by atoms with van der Waals surface area (Å²) in [5.74, 6) is 0.961. The number of nitrogens with one attached hydrogen (secondary N) is 1. The molecule has 166 valence electrons. The molecule has 3 aromatic rings. The molecule has 32 heavy (non-hydrogen) atoms. The predicted molar refractivity (Wildman–Crippen MR) is 122 cm³/mol. The molecule has 0 spiro atoms. The summed E-state index contributed by atoms with van der Waals surface area (Å²) < 4.78 is 32.7. The van der Waals surface area contributed by atoms with Crippen molar-refractivity contribution < 1.29 is 17.9 Å². The zero-order valence-electron chi connectivity index (χ0n) is 17.1. The Balaban J connectivity index is 1.31. The van der Waals surface area contributed by atoms with Gasteiger partial charge in [0.05, 0.1) is 4.90 Å². The number of nitrogens with zero attached hydrogens (tertiary/aromatic N) is 2. The molecule has 1 saturated heterocycles. The van der Waals surface area contributed by atoms with Crippen LogP contribution in [0.5, 0.6) is 11.5 Å². The smallest absolute Gasteiger partial charge is 0.243 e. The van der Waals surface area contributed by atoms with Gasteiger partial charge in [0.25, 0.3) is 0 Å². The second-order valence-corrected chi connectivity index (χ2v) is 9.81. The highest BCUT2D eigenvalue weighted by molar-refractivity contribution is 7.89. The summed E-state index contributed by atoms with van der Waals surface area (Å²) in [5.41, 5.74) is 0.660. The van der Waals surface area contributed by atoms with Crippen LogP contribution >= 0.6 is 11.6 Å². The van der Waals surface area contributed by atoms with Crippen LogP contribution in [-0.2, 0) is 14.8 Å². The van der Waals surface area contributed by atoms with Gasteiger partial charge in [0.1, 0.15) is 11.5 Å². The normalized spacial score (nSPS) is 15.3. The quantitative estimate of drug-likeness (QED) is 0.569. The van der Waals surface area contributed by atoms with Crippen molar-refractivity contribution in [2.24, 2.45) is 5.92 Å². The maximum atomic E-state index is 12.8. The van der Waals surface area contributed by atoms with Crippen molar-refractivity contribution in [3.63, 3.8) is 0 Å². The lowest BCUT2D eigenvalue weighted by Crippen LogP contribution is -2.41. The summed E-state index contributed by atoms with van der Waals surface area (Å²) in [6.07, 6.45) is 4.22. The number of anilines is 1. The third-order valence-corrected chi connectivity index (χ3v) is 7.45. The number of piperidine rings is 1. The number of amides is 1. The Hall–Kier alpha value is -2.94. The van der Waals surface area contributed by atoms with E-state index in [4.69, 9.17) is 16.3 Å². The molecule has 0 aliphatic carbocycles. The van der Waals surface area contributed by atoms with Crippen LogP contribution in [0.1, 0.15) is 12.8 Å². The minimum Gasteiger partial charge on any atom is -0.457 e. The number of carbonyl (C=O) groups is 1. The van der Waals surface area contributed by atoms with Gasteiger partial charge in [-0.25, -0.2) is 8.42 Å². The fraction of sp³-hybridized carbons (Fsp3) is 0.217. The third kappa shape index (κ3) is 5.27. The molecule has 0 unspecified atom stereocenters. The van der Waals surface area contributed by atoms with E-state index in [9.17, 15) is 13.2 Å². The molecule has 0 saturated carbocycles. The largest absolute Gasteiger partial charge is 0.457 e. The summed E-state index contributed by atoms with van der Waals surface area (Å²) in [6, 6.07) is 16.7. The Morgan fingerprint density at radius 3 is 2.16 bits per heavy atom. The average molecular weight is 472 g/mol. The molecule has 1 fully saturated rings. The van der Waals surface area contributed by atoms with Crippen LogP contribution in [-0.4, -0.2) is 36.7 Å². The van der Waals surface area contributed by atoms with Gasteiger partial charge in [-0.1, -0.05) is 11.6 Å². The van der Waals surface area contributed by atoms with E-state index in [-0.39, 0.29) is 16.7 Å². The number of benzene rings is 2. The third-order valence-electron chi connectivity index (χ3n) is 5.28. The predicted octanol–water partition coefficient (Wildman–Crippen LogP) is 4.57. The van der Waals surface area contributed by atoms with Gasteiger partial charge in [0.2, 0.25) is 15.9 Å². The average Bonchev–Trinajstić information content (AvgIpc) is 2.81. The Labute approximate surface area is 192 Å². The second kappa shape index (κ2) is 9.68. The van der Waals surface area contributed by atoms with Crippen LogP contribution in [0.3, 0.4) is 0 Å². The van der Waals surface area contributed by atoms with Crippen molar-refractivity contribution in [1.29, 1.82) is 0 Å². The van der Waals surface area contributed by atoms with Gasteiger partial charge in [-0.2, -0.15) is 4.31 Å². The molecule has 1 aromatic heterocycles. The summed E-state index contributed by atoms with van der Waals surface area (Å²) >= 11 is 5.85. The standard InChI is InChI=1S/C23H22ClN3O4S/c24-18-1-7-22(8-2-18)32(29,30)27-15-11-17(12-16-27)23(28)26-19-3-5-20(6-4-19)31-21-9-13-25-14-10-21/h1-10,13-14,17H,11-12,15-16H2,(H,26,28). The molecule has 1 aliphatic rings. The van der Waals surface area contributed by atoms with Crippen molar-refractivity contribution in [1.82, 2.24) is 9.29 Å². The van der Waals surface area contributed by atoms with Gasteiger partial charge in [-0.05, 0) is 73.5 Å². The molecular weight excluding hydrogens is 450 g/mol. The van der Waals surface area contributed by atoms with Gasteiger partial charge in [-0.15, -0.1) is 0 Å². The van der Waals surface area contributed by atoms with Crippen molar-refractivity contribution in [2.75, 3.05) is 18.4 Å². The first-order valence-electron chi connectivity index (χ1n) is 10.2. The van der Waals surface area contributed by atoms with Crippen LogP contribution < -0.4 is 10.1 Å². The van der Waals surface area contributed by atoms with Gasteiger partial charge in [0.15, 0.2) is 0 Å². The Kier molecular flexibility index (Phi) is 6.74. The van der Waals surface area contributed by atoms with Gasteiger partial charge in [-0.3, -0.25) is 9.78 Å². The van der Waals surface area contributed by atoms with Crippen molar-refractivity contribution in [2.45, 2.75) is 17.7 Å². The summed E-state index contributed by atoms with van der Waals surface area (Å²) in [4.78, 5) is 16.8. The number of aromatic nitrogens is 1. The van der Waals surface area contributed by atoms with E-state index in [0.29, 0.717) is 48.1 Å².